The summed E-state index contributed by atoms with van der Waals surface area (Å²) in [6.07, 6.45) is 9.41. The molecule has 0 spiro atoms. The van der Waals surface area contributed by atoms with Gasteiger partial charge < -0.3 is 10.1 Å². The molecule has 0 aromatic heterocycles. The maximum absolute atomic E-state index is 6.17. The summed E-state index contributed by atoms with van der Waals surface area (Å²) in [5.41, 5.74) is 2.79. The molecule has 1 aliphatic carbocycles. The van der Waals surface area contributed by atoms with Gasteiger partial charge in [-0.2, -0.15) is 0 Å². The van der Waals surface area contributed by atoms with Crippen LogP contribution in [0, 0.1) is 0 Å². The number of hydrogen-bond acceptors (Lipinski definition) is 2. The third-order valence-electron chi connectivity index (χ3n) is 4.42. The van der Waals surface area contributed by atoms with Gasteiger partial charge in [0.25, 0.3) is 0 Å². The molecule has 0 bridgehead atoms. The highest BCUT2D eigenvalue weighted by Crippen LogP contribution is 2.22. The van der Waals surface area contributed by atoms with E-state index in [-0.39, 0.29) is 0 Å². The van der Waals surface area contributed by atoms with Gasteiger partial charge in [0, 0.05) is 0 Å². The fraction of sp³-hybridized carbons (Fsp3) is 0.684. The van der Waals surface area contributed by atoms with Gasteiger partial charge in [0.15, 0.2) is 0 Å². The van der Waals surface area contributed by atoms with Crippen LogP contribution in [-0.2, 0) is 11.2 Å². The van der Waals surface area contributed by atoms with Crippen molar-refractivity contribution in [2.24, 2.45) is 0 Å². The number of nitrogens with one attached hydrogen (secondary N) is 1. The average molecular weight is 289 g/mol. The van der Waals surface area contributed by atoms with E-state index in [1.54, 1.807) is 0 Å². The standard InChI is InChI=1S/C19H31NO/c1-3-8-16-11-13-17(14-12-16)19(20-4-2)15-21-18-9-6-5-7-10-18/h11-14,18-20H,3-10,15H2,1-2H3. The molecular formula is C19H31NO. The zero-order valence-corrected chi connectivity index (χ0v) is 13.7. The number of rotatable bonds is 8. The van der Waals surface area contributed by atoms with Crippen LogP contribution in [0.1, 0.15) is 69.5 Å². The molecule has 1 saturated carbocycles. The van der Waals surface area contributed by atoms with Crippen molar-refractivity contribution in [3.8, 4) is 0 Å². The Morgan fingerprint density at radius 1 is 1.10 bits per heavy atom. The van der Waals surface area contributed by atoms with E-state index in [9.17, 15) is 0 Å². The Morgan fingerprint density at radius 2 is 1.81 bits per heavy atom. The van der Waals surface area contributed by atoms with Crippen LogP contribution < -0.4 is 5.32 Å². The average Bonchev–Trinajstić information content (AvgIpc) is 2.54. The van der Waals surface area contributed by atoms with E-state index in [2.05, 4.69) is 43.4 Å². The minimum Gasteiger partial charge on any atom is -0.376 e. The molecule has 0 heterocycles. The van der Waals surface area contributed by atoms with Crippen LogP contribution in [0.3, 0.4) is 0 Å². The molecule has 2 nitrogen and oxygen atoms in total. The highest BCUT2D eigenvalue weighted by molar-refractivity contribution is 5.25. The lowest BCUT2D eigenvalue weighted by Gasteiger charge is -2.26. The molecule has 0 amide bonds. The fourth-order valence-electron chi connectivity index (χ4n) is 3.19. The number of hydrogen-bond donors (Lipinski definition) is 1. The lowest BCUT2D eigenvalue weighted by molar-refractivity contribution is 0.0158. The molecule has 1 aromatic rings. The molecule has 1 unspecified atom stereocenters. The molecule has 1 aliphatic rings. The smallest absolute Gasteiger partial charge is 0.0665 e. The van der Waals surface area contributed by atoms with Gasteiger partial charge in [-0.25, -0.2) is 0 Å². The largest absolute Gasteiger partial charge is 0.376 e. The van der Waals surface area contributed by atoms with Crippen molar-refractivity contribution in [2.75, 3.05) is 13.2 Å². The summed E-state index contributed by atoms with van der Waals surface area (Å²) in [5.74, 6) is 0. The van der Waals surface area contributed by atoms with E-state index >= 15 is 0 Å². The second kappa shape index (κ2) is 9.22. The molecule has 1 atom stereocenters. The molecule has 2 heteroatoms. The van der Waals surface area contributed by atoms with Crippen LogP contribution in [0.15, 0.2) is 24.3 Å². The molecule has 2 rings (SSSR count). The van der Waals surface area contributed by atoms with E-state index in [1.165, 1.54) is 56.1 Å². The molecule has 21 heavy (non-hydrogen) atoms. The lowest BCUT2D eigenvalue weighted by atomic mass is 9.97. The SMILES string of the molecule is CCCc1ccc(C(COC2CCCCC2)NCC)cc1. The van der Waals surface area contributed by atoms with Gasteiger partial charge in [0.05, 0.1) is 18.8 Å². The highest BCUT2D eigenvalue weighted by atomic mass is 16.5. The van der Waals surface area contributed by atoms with Crippen molar-refractivity contribution in [3.05, 3.63) is 35.4 Å². The van der Waals surface area contributed by atoms with Crippen molar-refractivity contribution >= 4 is 0 Å². The van der Waals surface area contributed by atoms with E-state index < -0.39 is 0 Å². The third kappa shape index (κ3) is 5.44. The van der Waals surface area contributed by atoms with Crippen molar-refractivity contribution in [2.45, 2.75) is 70.9 Å². The molecule has 1 fully saturated rings. The summed E-state index contributed by atoms with van der Waals surface area (Å²) in [7, 11) is 0. The van der Waals surface area contributed by atoms with Crippen molar-refractivity contribution in [1.82, 2.24) is 5.32 Å². The Balaban J connectivity index is 1.90. The summed E-state index contributed by atoms with van der Waals surface area (Å²) in [5, 5.41) is 3.56. The Labute approximate surface area is 130 Å². The van der Waals surface area contributed by atoms with Crippen molar-refractivity contribution in [3.63, 3.8) is 0 Å². The Hall–Kier alpha value is -0.860. The van der Waals surface area contributed by atoms with Gasteiger partial charge in [-0.15, -0.1) is 0 Å². The minimum absolute atomic E-state index is 0.326. The summed E-state index contributed by atoms with van der Waals surface area (Å²) < 4.78 is 6.17. The van der Waals surface area contributed by atoms with E-state index in [0.29, 0.717) is 12.1 Å². The monoisotopic (exact) mass is 289 g/mol. The molecule has 0 aliphatic heterocycles. The second-order valence-corrected chi connectivity index (χ2v) is 6.20. The molecule has 0 radical (unpaired) electrons. The third-order valence-corrected chi connectivity index (χ3v) is 4.42. The van der Waals surface area contributed by atoms with E-state index in [0.717, 1.165) is 13.2 Å². The summed E-state index contributed by atoms with van der Waals surface area (Å²) >= 11 is 0. The van der Waals surface area contributed by atoms with Crippen LogP contribution in [-0.4, -0.2) is 19.3 Å². The number of ether oxygens (including phenoxy) is 1. The summed E-state index contributed by atoms with van der Waals surface area (Å²) in [6.45, 7) is 6.17. The Kier molecular flexibility index (Phi) is 7.25. The van der Waals surface area contributed by atoms with Crippen LogP contribution >= 0.6 is 0 Å². The predicted molar refractivity (Wildman–Crippen MR) is 89.7 cm³/mol. The molecule has 1 aromatic carbocycles. The zero-order chi connectivity index (χ0) is 14.9. The van der Waals surface area contributed by atoms with Gasteiger partial charge in [-0.1, -0.05) is 63.8 Å². The zero-order valence-electron chi connectivity index (χ0n) is 13.7. The molecular weight excluding hydrogens is 258 g/mol. The molecule has 118 valence electrons. The van der Waals surface area contributed by atoms with Gasteiger partial charge in [-0.3, -0.25) is 0 Å². The lowest BCUT2D eigenvalue weighted by Crippen LogP contribution is -2.28. The Bertz CT molecular complexity index is 381. The van der Waals surface area contributed by atoms with E-state index in [4.69, 9.17) is 4.74 Å². The van der Waals surface area contributed by atoms with Gasteiger partial charge in [0.2, 0.25) is 0 Å². The first-order chi connectivity index (χ1) is 10.3. The number of aryl methyl sites for hydroxylation is 1. The van der Waals surface area contributed by atoms with Crippen LogP contribution in [0.4, 0.5) is 0 Å². The quantitative estimate of drug-likeness (QED) is 0.753. The topological polar surface area (TPSA) is 21.3 Å². The van der Waals surface area contributed by atoms with E-state index in [1.807, 2.05) is 0 Å². The molecule has 0 saturated heterocycles. The Morgan fingerprint density at radius 3 is 2.43 bits per heavy atom. The first-order valence-corrected chi connectivity index (χ1v) is 8.77. The number of benzene rings is 1. The van der Waals surface area contributed by atoms with Crippen LogP contribution in [0.2, 0.25) is 0 Å². The first kappa shape index (κ1) is 16.5. The maximum atomic E-state index is 6.17. The second-order valence-electron chi connectivity index (χ2n) is 6.20. The highest BCUT2D eigenvalue weighted by Gasteiger charge is 2.17. The van der Waals surface area contributed by atoms with Crippen LogP contribution in [0.25, 0.3) is 0 Å². The molecule has 1 N–H and O–H groups in total. The predicted octanol–water partition coefficient (Wildman–Crippen LogP) is 4.64. The van der Waals surface area contributed by atoms with Gasteiger partial charge >= 0.3 is 0 Å². The van der Waals surface area contributed by atoms with Crippen molar-refractivity contribution in [1.29, 1.82) is 0 Å². The fourth-order valence-corrected chi connectivity index (χ4v) is 3.19. The summed E-state index contributed by atoms with van der Waals surface area (Å²) in [6, 6.07) is 9.39. The summed E-state index contributed by atoms with van der Waals surface area (Å²) in [4.78, 5) is 0. The van der Waals surface area contributed by atoms with Crippen molar-refractivity contribution < 1.29 is 4.74 Å². The normalized spacial score (nSPS) is 17.8. The van der Waals surface area contributed by atoms with Gasteiger partial charge in [0.1, 0.15) is 0 Å². The minimum atomic E-state index is 0.326. The maximum Gasteiger partial charge on any atom is 0.0665 e. The van der Waals surface area contributed by atoms with Gasteiger partial charge in [-0.05, 0) is 36.9 Å². The number of likely N-dealkylation sites (N-methyl/N-ethyl adjacent to an activating group) is 1. The first-order valence-electron chi connectivity index (χ1n) is 8.77. The van der Waals surface area contributed by atoms with Crippen LogP contribution in [0.5, 0.6) is 0 Å².